The molecular formula is C16H16ClN5OS. The number of nitrogens with zero attached hydrogens (tertiary/aromatic N) is 4. The molecule has 2 aromatic heterocycles. The van der Waals surface area contributed by atoms with Crippen LogP contribution in [-0.2, 0) is 4.79 Å². The van der Waals surface area contributed by atoms with E-state index in [4.69, 9.17) is 16.9 Å². The lowest BCUT2D eigenvalue weighted by atomic mass is 10.0. The predicted octanol–water partition coefficient (Wildman–Crippen LogP) is 3.43. The molecule has 1 saturated heterocycles. The summed E-state index contributed by atoms with van der Waals surface area (Å²) >= 11 is 7.72. The van der Waals surface area contributed by atoms with Crippen LogP contribution in [0.2, 0.25) is 5.02 Å². The van der Waals surface area contributed by atoms with Crippen LogP contribution in [0.5, 0.6) is 0 Å². The van der Waals surface area contributed by atoms with Gasteiger partial charge in [0.2, 0.25) is 5.91 Å². The zero-order valence-electron chi connectivity index (χ0n) is 13.0. The average Bonchev–Trinajstić information content (AvgIpc) is 3.35. The number of nitrogens with one attached hydrogen (secondary N) is 1. The molecule has 1 aliphatic heterocycles. The maximum absolute atomic E-state index is 12.0. The molecule has 2 aliphatic rings. The number of thiazole rings is 1. The van der Waals surface area contributed by atoms with Crippen LogP contribution < -0.4 is 10.2 Å². The number of amides is 1. The van der Waals surface area contributed by atoms with Gasteiger partial charge in [0.05, 0.1) is 23.2 Å². The second kappa shape index (κ2) is 6.19. The van der Waals surface area contributed by atoms with Gasteiger partial charge in [0.1, 0.15) is 10.2 Å². The largest absolute Gasteiger partial charge is 0.347 e. The average molecular weight is 362 g/mol. The van der Waals surface area contributed by atoms with Gasteiger partial charge in [0.25, 0.3) is 0 Å². The number of carbonyl (C=O) groups is 1. The molecule has 0 spiro atoms. The topological polar surface area (TPSA) is 81.9 Å². The molecule has 1 atom stereocenters. The van der Waals surface area contributed by atoms with Crippen molar-refractivity contribution in [3.8, 4) is 6.07 Å². The Morgan fingerprint density at radius 1 is 1.46 bits per heavy atom. The fourth-order valence-electron chi connectivity index (χ4n) is 2.92. The molecule has 0 unspecified atom stereocenters. The standard InChI is InChI=1S/C16H16ClN5OS/c17-11-7-19-14(21-15(23)10-3-4-10)13-12(11)20-16(24-13)22-5-1-2-9(6-18)8-22/h7,9-10H,1-5,8H2,(H,19,21,23)/t9-/m0/s1. The number of hydrogen-bond acceptors (Lipinski definition) is 6. The van der Waals surface area contributed by atoms with Gasteiger partial charge in [-0.3, -0.25) is 4.79 Å². The number of fused-ring (bicyclic) bond motifs is 1. The van der Waals surface area contributed by atoms with Crippen molar-refractivity contribution in [1.82, 2.24) is 9.97 Å². The summed E-state index contributed by atoms with van der Waals surface area (Å²) in [5.41, 5.74) is 0.664. The van der Waals surface area contributed by atoms with Gasteiger partial charge in [-0.2, -0.15) is 5.26 Å². The van der Waals surface area contributed by atoms with E-state index in [2.05, 4.69) is 26.3 Å². The molecule has 24 heavy (non-hydrogen) atoms. The Morgan fingerprint density at radius 3 is 3.04 bits per heavy atom. The number of anilines is 2. The number of carbonyl (C=O) groups excluding carboxylic acids is 1. The minimum absolute atomic E-state index is 0.0172. The van der Waals surface area contributed by atoms with E-state index in [1.807, 2.05) is 0 Å². The number of halogens is 1. The van der Waals surface area contributed by atoms with Gasteiger partial charge in [-0.05, 0) is 25.7 Å². The molecule has 4 rings (SSSR count). The number of nitriles is 1. The Balaban J connectivity index is 1.67. The molecule has 0 radical (unpaired) electrons. The highest BCUT2D eigenvalue weighted by Gasteiger charge is 2.31. The van der Waals surface area contributed by atoms with Crippen molar-refractivity contribution in [3.63, 3.8) is 0 Å². The normalized spacial score (nSPS) is 20.8. The van der Waals surface area contributed by atoms with Crippen molar-refractivity contribution in [3.05, 3.63) is 11.2 Å². The Bertz CT molecular complexity index is 841. The first-order chi connectivity index (χ1) is 11.7. The van der Waals surface area contributed by atoms with Gasteiger partial charge in [-0.25, -0.2) is 9.97 Å². The molecule has 6 nitrogen and oxygen atoms in total. The van der Waals surface area contributed by atoms with Crippen LogP contribution in [0.1, 0.15) is 25.7 Å². The van der Waals surface area contributed by atoms with Crippen molar-refractivity contribution in [1.29, 1.82) is 5.26 Å². The molecule has 1 N–H and O–H groups in total. The van der Waals surface area contributed by atoms with Crippen molar-refractivity contribution < 1.29 is 4.79 Å². The lowest BCUT2D eigenvalue weighted by Crippen LogP contribution is -2.34. The van der Waals surface area contributed by atoms with E-state index >= 15 is 0 Å². The summed E-state index contributed by atoms with van der Waals surface area (Å²) in [5, 5.41) is 13.4. The minimum Gasteiger partial charge on any atom is -0.347 e. The molecule has 2 fully saturated rings. The molecule has 1 aliphatic carbocycles. The van der Waals surface area contributed by atoms with Crippen molar-refractivity contribution in [2.24, 2.45) is 11.8 Å². The van der Waals surface area contributed by atoms with Gasteiger partial charge >= 0.3 is 0 Å². The summed E-state index contributed by atoms with van der Waals surface area (Å²) in [4.78, 5) is 23.1. The quantitative estimate of drug-likeness (QED) is 0.905. The van der Waals surface area contributed by atoms with Crippen LogP contribution >= 0.6 is 22.9 Å². The molecule has 3 heterocycles. The van der Waals surface area contributed by atoms with Gasteiger partial charge in [-0.15, -0.1) is 0 Å². The monoisotopic (exact) mass is 361 g/mol. The molecular weight excluding hydrogens is 346 g/mol. The fourth-order valence-corrected chi connectivity index (χ4v) is 4.23. The van der Waals surface area contributed by atoms with E-state index in [0.717, 1.165) is 42.1 Å². The van der Waals surface area contributed by atoms with Crippen LogP contribution in [0, 0.1) is 23.2 Å². The Kier molecular flexibility index (Phi) is 4.02. The van der Waals surface area contributed by atoms with E-state index in [-0.39, 0.29) is 17.7 Å². The highest BCUT2D eigenvalue weighted by Crippen LogP contribution is 2.38. The molecule has 2 aromatic rings. The molecule has 0 aromatic carbocycles. The first-order valence-electron chi connectivity index (χ1n) is 8.06. The van der Waals surface area contributed by atoms with Crippen LogP contribution in [0.25, 0.3) is 10.2 Å². The highest BCUT2D eigenvalue weighted by molar-refractivity contribution is 7.22. The maximum atomic E-state index is 12.0. The molecule has 1 saturated carbocycles. The third-order valence-electron chi connectivity index (χ3n) is 4.43. The number of hydrogen-bond donors (Lipinski definition) is 1. The van der Waals surface area contributed by atoms with Crippen molar-refractivity contribution in [2.75, 3.05) is 23.3 Å². The molecule has 0 bridgehead atoms. The van der Waals surface area contributed by atoms with Crippen LogP contribution in [0.3, 0.4) is 0 Å². The second-order valence-electron chi connectivity index (χ2n) is 6.31. The molecule has 8 heteroatoms. The SMILES string of the molecule is N#C[C@@H]1CCCN(c2nc3c(Cl)cnc(NC(=O)C4CC4)c3s2)C1. The minimum atomic E-state index is 0.0172. The van der Waals surface area contributed by atoms with E-state index in [0.29, 0.717) is 22.9 Å². The number of rotatable bonds is 3. The summed E-state index contributed by atoms with van der Waals surface area (Å²) < 4.78 is 0.797. The fraction of sp³-hybridized carbons (Fsp3) is 0.500. The summed E-state index contributed by atoms with van der Waals surface area (Å²) in [5.74, 6) is 0.698. The van der Waals surface area contributed by atoms with Crippen molar-refractivity contribution >= 4 is 50.0 Å². The number of pyridine rings is 1. The third-order valence-corrected chi connectivity index (χ3v) is 5.83. The zero-order valence-corrected chi connectivity index (χ0v) is 14.5. The van der Waals surface area contributed by atoms with Gasteiger partial charge < -0.3 is 10.2 Å². The van der Waals surface area contributed by atoms with Crippen LogP contribution in [0.15, 0.2) is 6.20 Å². The lowest BCUT2D eigenvalue weighted by molar-refractivity contribution is -0.117. The first-order valence-corrected chi connectivity index (χ1v) is 9.25. The van der Waals surface area contributed by atoms with Gasteiger partial charge in [-0.1, -0.05) is 22.9 Å². The van der Waals surface area contributed by atoms with E-state index < -0.39 is 0 Å². The molecule has 124 valence electrons. The first kappa shape index (κ1) is 15.6. The number of aromatic nitrogens is 2. The van der Waals surface area contributed by atoms with Crippen LogP contribution in [0.4, 0.5) is 10.9 Å². The van der Waals surface area contributed by atoms with E-state index in [1.54, 1.807) is 0 Å². The summed E-state index contributed by atoms with van der Waals surface area (Å²) in [6, 6.07) is 2.35. The van der Waals surface area contributed by atoms with E-state index in [1.165, 1.54) is 17.5 Å². The summed E-state index contributed by atoms with van der Waals surface area (Å²) in [6.07, 6.45) is 5.33. The van der Waals surface area contributed by atoms with Gasteiger partial charge in [0, 0.05) is 19.0 Å². The summed E-state index contributed by atoms with van der Waals surface area (Å²) in [6.45, 7) is 1.57. The summed E-state index contributed by atoms with van der Waals surface area (Å²) in [7, 11) is 0. The Morgan fingerprint density at radius 2 is 2.29 bits per heavy atom. The lowest BCUT2D eigenvalue weighted by Gasteiger charge is -2.28. The second-order valence-corrected chi connectivity index (χ2v) is 7.69. The highest BCUT2D eigenvalue weighted by atomic mass is 35.5. The Hall–Kier alpha value is -1.91. The number of piperidine rings is 1. The maximum Gasteiger partial charge on any atom is 0.228 e. The Labute approximate surface area is 148 Å². The van der Waals surface area contributed by atoms with Crippen LogP contribution in [-0.4, -0.2) is 29.0 Å². The zero-order chi connectivity index (χ0) is 16.7. The van der Waals surface area contributed by atoms with E-state index in [9.17, 15) is 4.79 Å². The third kappa shape index (κ3) is 2.92. The smallest absolute Gasteiger partial charge is 0.228 e. The molecule has 1 amide bonds. The predicted molar refractivity (Wildman–Crippen MR) is 94.3 cm³/mol. The van der Waals surface area contributed by atoms with Crippen molar-refractivity contribution in [2.45, 2.75) is 25.7 Å². The van der Waals surface area contributed by atoms with Gasteiger partial charge in [0.15, 0.2) is 10.9 Å².